The quantitative estimate of drug-likeness (QED) is 0.882. The van der Waals surface area contributed by atoms with Crippen molar-refractivity contribution < 1.29 is 5.11 Å². The molecule has 1 aromatic carbocycles. The van der Waals surface area contributed by atoms with E-state index in [2.05, 4.69) is 11.4 Å². The maximum atomic E-state index is 9.21. The molecule has 2 atom stereocenters. The number of hydrogen-bond acceptors (Lipinski definition) is 3. The topological polar surface area (TPSA) is 56.0 Å². The lowest BCUT2D eigenvalue weighted by molar-refractivity contribution is 0.184. The van der Waals surface area contributed by atoms with E-state index in [1.165, 1.54) is 0 Å². The molecule has 0 saturated heterocycles. The smallest absolute Gasteiger partial charge is 0.0992 e. The third-order valence-corrected chi connectivity index (χ3v) is 3.81. The van der Waals surface area contributed by atoms with Gasteiger partial charge in [-0.2, -0.15) is 5.26 Å². The van der Waals surface area contributed by atoms with E-state index in [-0.39, 0.29) is 6.61 Å². The SMILES string of the molecule is N#Cc1ccc(NC2CCCC(CO)C2)c(Cl)c1. The average Bonchev–Trinajstić information content (AvgIpc) is 2.41. The van der Waals surface area contributed by atoms with Gasteiger partial charge in [0.05, 0.1) is 22.3 Å². The number of benzene rings is 1. The van der Waals surface area contributed by atoms with Crippen LogP contribution < -0.4 is 5.32 Å². The summed E-state index contributed by atoms with van der Waals surface area (Å²) in [7, 11) is 0. The van der Waals surface area contributed by atoms with E-state index < -0.39 is 0 Å². The molecule has 2 rings (SSSR count). The predicted octanol–water partition coefficient (Wildman–Crippen LogP) is 3.17. The molecule has 2 N–H and O–H groups in total. The second-order valence-electron chi connectivity index (χ2n) is 4.86. The summed E-state index contributed by atoms with van der Waals surface area (Å²) in [6, 6.07) is 7.72. The monoisotopic (exact) mass is 264 g/mol. The van der Waals surface area contributed by atoms with Gasteiger partial charge >= 0.3 is 0 Å². The van der Waals surface area contributed by atoms with Gasteiger partial charge in [-0.1, -0.05) is 18.0 Å². The van der Waals surface area contributed by atoms with Crippen molar-refractivity contribution in [1.82, 2.24) is 0 Å². The molecule has 0 heterocycles. The summed E-state index contributed by atoms with van der Waals surface area (Å²) in [4.78, 5) is 0. The van der Waals surface area contributed by atoms with Crippen molar-refractivity contribution in [2.45, 2.75) is 31.7 Å². The van der Waals surface area contributed by atoms with Crippen LogP contribution in [0.2, 0.25) is 5.02 Å². The summed E-state index contributed by atoms with van der Waals surface area (Å²) in [5, 5.41) is 22.0. The Kier molecular flexibility index (Phi) is 4.46. The maximum absolute atomic E-state index is 9.21. The Balaban J connectivity index is 2.03. The normalized spacial score (nSPS) is 23.4. The Bertz CT molecular complexity index is 456. The van der Waals surface area contributed by atoms with Gasteiger partial charge in [0.15, 0.2) is 0 Å². The standard InChI is InChI=1S/C14H17ClN2O/c15-13-7-10(8-16)4-5-14(13)17-12-3-1-2-11(6-12)9-18/h4-5,7,11-12,17-18H,1-3,6,9H2. The number of rotatable bonds is 3. The summed E-state index contributed by atoms with van der Waals surface area (Å²) in [5.41, 5.74) is 1.45. The predicted molar refractivity (Wildman–Crippen MR) is 72.6 cm³/mol. The molecule has 0 amide bonds. The van der Waals surface area contributed by atoms with Crippen LogP contribution in [0.3, 0.4) is 0 Å². The van der Waals surface area contributed by atoms with Crippen LogP contribution >= 0.6 is 11.6 Å². The number of nitriles is 1. The van der Waals surface area contributed by atoms with Gasteiger partial charge in [0.1, 0.15) is 0 Å². The van der Waals surface area contributed by atoms with E-state index in [4.69, 9.17) is 16.9 Å². The van der Waals surface area contributed by atoms with Gasteiger partial charge < -0.3 is 10.4 Å². The Morgan fingerprint density at radius 2 is 2.28 bits per heavy atom. The van der Waals surface area contributed by atoms with E-state index in [0.717, 1.165) is 31.4 Å². The third-order valence-electron chi connectivity index (χ3n) is 3.50. The number of nitrogens with one attached hydrogen (secondary N) is 1. The second kappa shape index (κ2) is 6.08. The number of anilines is 1. The molecule has 1 aliphatic carbocycles. The molecule has 0 spiro atoms. The molecule has 1 aliphatic rings. The van der Waals surface area contributed by atoms with Crippen molar-refractivity contribution in [1.29, 1.82) is 5.26 Å². The zero-order chi connectivity index (χ0) is 13.0. The number of aliphatic hydroxyl groups excluding tert-OH is 1. The highest BCUT2D eigenvalue weighted by Gasteiger charge is 2.21. The molecule has 0 aromatic heterocycles. The van der Waals surface area contributed by atoms with Crippen LogP contribution in [-0.2, 0) is 0 Å². The Hall–Kier alpha value is -1.24. The van der Waals surface area contributed by atoms with Crippen LogP contribution in [0.5, 0.6) is 0 Å². The summed E-state index contributed by atoms with van der Waals surface area (Å²) < 4.78 is 0. The molecule has 0 bridgehead atoms. The number of aliphatic hydroxyl groups is 1. The van der Waals surface area contributed by atoms with Crippen LogP contribution in [0.4, 0.5) is 5.69 Å². The van der Waals surface area contributed by atoms with Crippen molar-refractivity contribution >= 4 is 17.3 Å². The first kappa shape index (κ1) is 13.2. The molecule has 1 aromatic rings. The minimum absolute atomic E-state index is 0.263. The molecule has 1 fully saturated rings. The van der Waals surface area contributed by atoms with Crippen LogP contribution in [0.1, 0.15) is 31.2 Å². The van der Waals surface area contributed by atoms with Gasteiger partial charge in [-0.15, -0.1) is 0 Å². The van der Waals surface area contributed by atoms with Gasteiger partial charge in [0, 0.05) is 12.6 Å². The van der Waals surface area contributed by atoms with Crippen LogP contribution in [0.25, 0.3) is 0 Å². The van der Waals surface area contributed by atoms with Gasteiger partial charge in [0.25, 0.3) is 0 Å². The lowest BCUT2D eigenvalue weighted by Crippen LogP contribution is -2.28. The molecule has 4 heteroatoms. The highest BCUT2D eigenvalue weighted by molar-refractivity contribution is 6.33. The molecule has 3 nitrogen and oxygen atoms in total. The van der Waals surface area contributed by atoms with Crippen LogP contribution in [0.15, 0.2) is 18.2 Å². The minimum atomic E-state index is 0.263. The lowest BCUT2D eigenvalue weighted by atomic mass is 9.86. The highest BCUT2D eigenvalue weighted by atomic mass is 35.5. The van der Waals surface area contributed by atoms with Crippen molar-refractivity contribution in [3.05, 3.63) is 28.8 Å². The van der Waals surface area contributed by atoms with Crippen LogP contribution in [-0.4, -0.2) is 17.8 Å². The summed E-state index contributed by atoms with van der Waals surface area (Å²) >= 11 is 6.13. The zero-order valence-corrected chi connectivity index (χ0v) is 11.0. The number of nitrogens with zero attached hydrogens (tertiary/aromatic N) is 1. The third kappa shape index (κ3) is 3.16. The van der Waals surface area contributed by atoms with Crippen molar-refractivity contribution in [2.75, 3.05) is 11.9 Å². The fourth-order valence-electron chi connectivity index (χ4n) is 2.51. The number of hydrogen-bond donors (Lipinski definition) is 2. The van der Waals surface area contributed by atoms with Gasteiger partial charge in [-0.25, -0.2) is 0 Å². The fourth-order valence-corrected chi connectivity index (χ4v) is 2.74. The average molecular weight is 265 g/mol. The van der Waals surface area contributed by atoms with E-state index in [1.807, 2.05) is 6.07 Å². The Morgan fingerprint density at radius 1 is 1.44 bits per heavy atom. The minimum Gasteiger partial charge on any atom is -0.396 e. The molecule has 96 valence electrons. The maximum Gasteiger partial charge on any atom is 0.0992 e. The summed E-state index contributed by atoms with van der Waals surface area (Å²) in [5.74, 6) is 0.397. The van der Waals surface area contributed by atoms with E-state index >= 15 is 0 Å². The van der Waals surface area contributed by atoms with Crippen molar-refractivity contribution in [3.63, 3.8) is 0 Å². The first-order valence-electron chi connectivity index (χ1n) is 6.30. The van der Waals surface area contributed by atoms with E-state index in [9.17, 15) is 5.11 Å². The van der Waals surface area contributed by atoms with Gasteiger partial charge in [-0.3, -0.25) is 0 Å². The number of halogens is 1. The van der Waals surface area contributed by atoms with Gasteiger partial charge in [-0.05, 0) is 43.4 Å². The van der Waals surface area contributed by atoms with Crippen molar-refractivity contribution in [3.8, 4) is 6.07 Å². The molecular formula is C14H17ClN2O. The largest absolute Gasteiger partial charge is 0.396 e. The Morgan fingerprint density at radius 3 is 2.94 bits per heavy atom. The van der Waals surface area contributed by atoms with E-state index in [0.29, 0.717) is 22.5 Å². The molecule has 18 heavy (non-hydrogen) atoms. The zero-order valence-electron chi connectivity index (χ0n) is 10.2. The Labute approximate surface area is 112 Å². The lowest BCUT2D eigenvalue weighted by Gasteiger charge is -2.29. The molecule has 2 unspecified atom stereocenters. The fraction of sp³-hybridized carbons (Fsp3) is 0.500. The molecule has 0 aliphatic heterocycles. The summed E-state index contributed by atoms with van der Waals surface area (Å²) in [6.45, 7) is 0.263. The summed E-state index contributed by atoms with van der Waals surface area (Å²) in [6.07, 6.45) is 4.33. The molecule has 1 saturated carbocycles. The first-order valence-corrected chi connectivity index (χ1v) is 6.67. The highest BCUT2D eigenvalue weighted by Crippen LogP contribution is 2.29. The van der Waals surface area contributed by atoms with Crippen molar-refractivity contribution in [2.24, 2.45) is 5.92 Å². The van der Waals surface area contributed by atoms with Gasteiger partial charge in [0.2, 0.25) is 0 Å². The second-order valence-corrected chi connectivity index (χ2v) is 5.27. The molecular weight excluding hydrogens is 248 g/mol. The first-order chi connectivity index (χ1) is 8.72. The van der Waals surface area contributed by atoms with E-state index in [1.54, 1.807) is 12.1 Å². The van der Waals surface area contributed by atoms with Crippen LogP contribution in [0, 0.1) is 17.2 Å². The molecule has 0 radical (unpaired) electrons.